The molecule has 4 heterocycles. The van der Waals surface area contributed by atoms with Crippen molar-refractivity contribution in [2.75, 3.05) is 36.0 Å². The Labute approximate surface area is 142 Å². The Hall–Kier alpha value is -2.24. The van der Waals surface area contributed by atoms with Crippen molar-refractivity contribution in [2.24, 2.45) is 5.92 Å². The lowest BCUT2D eigenvalue weighted by molar-refractivity contribution is 0.405. The van der Waals surface area contributed by atoms with Gasteiger partial charge >= 0.3 is 0 Å². The zero-order valence-corrected chi connectivity index (χ0v) is 14.0. The van der Waals surface area contributed by atoms with Crippen LogP contribution in [-0.2, 0) is 6.42 Å². The maximum atomic E-state index is 4.47. The van der Waals surface area contributed by atoms with E-state index in [4.69, 9.17) is 0 Å². The minimum atomic E-state index is 0.592. The predicted molar refractivity (Wildman–Crippen MR) is 94.2 cm³/mol. The van der Waals surface area contributed by atoms with E-state index >= 15 is 0 Å². The highest BCUT2D eigenvalue weighted by molar-refractivity contribution is 5.38. The molecular weight excluding hydrogens is 300 g/mol. The Morgan fingerprint density at radius 1 is 0.917 bits per heavy atom. The van der Waals surface area contributed by atoms with Crippen LogP contribution in [-0.4, -0.2) is 46.3 Å². The van der Waals surface area contributed by atoms with Gasteiger partial charge in [0.05, 0.1) is 5.69 Å². The van der Waals surface area contributed by atoms with Gasteiger partial charge in [-0.25, -0.2) is 9.97 Å². The number of aromatic nitrogens is 4. The Kier molecular flexibility index (Phi) is 4.53. The second kappa shape index (κ2) is 7.11. The van der Waals surface area contributed by atoms with Gasteiger partial charge in [0.1, 0.15) is 0 Å². The fourth-order valence-corrected chi connectivity index (χ4v) is 3.74. The van der Waals surface area contributed by atoms with Crippen LogP contribution in [0.4, 0.5) is 11.8 Å². The largest absolute Gasteiger partial charge is 0.355 e. The van der Waals surface area contributed by atoms with Gasteiger partial charge in [0, 0.05) is 38.6 Å². The van der Waals surface area contributed by atoms with Gasteiger partial charge in [0.25, 0.3) is 0 Å². The lowest BCUT2D eigenvalue weighted by Gasteiger charge is -2.32. The van der Waals surface area contributed by atoms with Crippen molar-refractivity contribution < 1.29 is 0 Å². The van der Waals surface area contributed by atoms with Gasteiger partial charge in [0.15, 0.2) is 5.82 Å². The summed E-state index contributed by atoms with van der Waals surface area (Å²) in [6.07, 6.45) is 9.56. The van der Waals surface area contributed by atoms with E-state index in [0.29, 0.717) is 5.92 Å². The second-order valence-corrected chi connectivity index (χ2v) is 6.78. The van der Waals surface area contributed by atoms with Crippen LogP contribution in [0.15, 0.2) is 30.6 Å². The molecule has 2 aliphatic rings. The highest BCUT2D eigenvalue weighted by Gasteiger charge is 2.22. The van der Waals surface area contributed by atoms with Crippen LogP contribution in [0.3, 0.4) is 0 Å². The van der Waals surface area contributed by atoms with Crippen LogP contribution < -0.4 is 9.80 Å². The second-order valence-electron chi connectivity index (χ2n) is 6.78. The third-order valence-electron chi connectivity index (χ3n) is 4.99. The summed E-state index contributed by atoms with van der Waals surface area (Å²) in [5.74, 6) is 2.46. The summed E-state index contributed by atoms with van der Waals surface area (Å²) in [6, 6.07) is 6.15. The number of rotatable bonds is 4. The average Bonchev–Trinajstić information content (AvgIpc) is 3.18. The van der Waals surface area contributed by atoms with E-state index in [1.54, 1.807) is 0 Å². The fourth-order valence-electron chi connectivity index (χ4n) is 3.74. The van der Waals surface area contributed by atoms with Crippen molar-refractivity contribution in [1.82, 2.24) is 20.2 Å². The number of anilines is 2. The van der Waals surface area contributed by atoms with Gasteiger partial charge in [-0.15, -0.1) is 5.10 Å². The number of hydrogen-bond donors (Lipinski definition) is 0. The molecule has 2 aliphatic heterocycles. The molecule has 6 nitrogen and oxygen atoms in total. The third kappa shape index (κ3) is 3.47. The van der Waals surface area contributed by atoms with Gasteiger partial charge in [-0.2, -0.15) is 5.10 Å². The molecule has 0 aliphatic carbocycles. The molecule has 126 valence electrons. The molecule has 0 N–H and O–H groups in total. The van der Waals surface area contributed by atoms with Crippen molar-refractivity contribution in [1.29, 1.82) is 0 Å². The van der Waals surface area contributed by atoms with Crippen LogP contribution in [0, 0.1) is 5.92 Å². The smallest absolute Gasteiger partial charge is 0.225 e. The lowest BCUT2D eigenvalue weighted by atomic mass is 9.93. The van der Waals surface area contributed by atoms with E-state index in [9.17, 15) is 0 Å². The SMILES string of the molecule is c1cnc(N2CCCC(Cc3ccc(N4CCCC4)nn3)C2)nc1. The molecule has 0 amide bonds. The molecule has 6 heteroatoms. The quantitative estimate of drug-likeness (QED) is 0.860. The normalized spacial score (nSPS) is 21.2. The van der Waals surface area contributed by atoms with Crippen molar-refractivity contribution >= 4 is 11.8 Å². The first-order valence-electron chi connectivity index (χ1n) is 8.98. The minimum absolute atomic E-state index is 0.592. The molecule has 2 fully saturated rings. The summed E-state index contributed by atoms with van der Waals surface area (Å²) in [6.45, 7) is 4.27. The topological polar surface area (TPSA) is 58.0 Å². The molecule has 0 spiro atoms. The average molecular weight is 324 g/mol. The summed E-state index contributed by atoms with van der Waals surface area (Å²) in [7, 11) is 0. The van der Waals surface area contributed by atoms with Crippen molar-refractivity contribution in [3.63, 3.8) is 0 Å². The monoisotopic (exact) mass is 324 g/mol. The van der Waals surface area contributed by atoms with Gasteiger partial charge in [-0.1, -0.05) is 0 Å². The van der Waals surface area contributed by atoms with E-state index in [0.717, 1.165) is 50.1 Å². The zero-order valence-electron chi connectivity index (χ0n) is 14.0. The first-order valence-corrected chi connectivity index (χ1v) is 8.98. The number of hydrogen-bond acceptors (Lipinski definition) is 6. The zero-order chi connectivity index (χ0) is 16.2. The molecule has 2 aromatic heterocycles. The van der Waals surface area contributed by atoms with Gasteiger partial charge in [-0.3, -0.25) is 0 Å². The van der Waals surface area contributed by atoms with Gasteiger partial charge < -0.3 is 9.80 Å². The Morgan fingerprint density at radius 2 is 1.71 bits per heavy atom. The predicted octanol–water partition coefficient (Wildman–Crippen LogP) is 2.33. The first kappa shape index (κ1) is 15.3. The molecule has 0 aromatic carbocycles. The van der Waals surface area contributed by atoms with Crippen LogP contribution in [0.5, 0.6) is 0 Å². The molecule has 0 radical (unpaired) electrons. The minimum Gasteiger partial charge on any atom is -0.355 e. The molecule has 2 saturated heterocycles. The van der Waals surface area contributed by atoms with E-state index in [1.165, 1.54) is 25.7 Å². The molecule has 4 rings (SSSR count). The van der Waals surface area contributed by atoms with E-state index in [2.05, 4.69) is 42.1 Å². The van der Waals surface area contributed by atoms with Crippen LogP contribution >= 0.6 is 0 Å². The lowest BCUT2D eigenvalue weighted by Crippen LogP contribution is -2.37. The first-order chi connectivity index (χ1) is 11.9. The molecule has 0 saturated carbocycles. The van der Waals surface area contributed by atoms with Gasteiger partial charge in [0.2, 0.25) is 5.95 Å². The molecular formula is C18H24N6. The number of nitrogens with zero attached hydrogens (tertiary/aromatic N) is 6. The summed E-state index contributed by atoms with van der Waals surface area (Å²) < 4.78 is 0. The third-order valence-corrected chi connectivity index (χ3v) is 4.99. The van der Waals surface area contributed by atoms with Crippen molar-refractivity contribution in [3.05, 3.63) is 36.3 Å². The Morgan fingerprint density at radius 3 is 2.46 bits per heavy atom. The van der Waals surface area contributed by atoms with Gasteiger partial charge in [-0.05, 0) is 56.2 Å². The van der Waals surface area contributed by atoms with E-state index in [1.807, 2.05) is 18.5 Å². The summed E-state index contributed by atoms with van der Waals surface area (Å²) in [5, 5.41) is 8.91. The highest BCUT2D eigenvalue weighted by Crippen LogP contribution is 2.23. The summed E-state index contributed by atoms with van der Waals surface area (Å²) in [4.78, 5) is 13.4. The highest BCUT2D eigenvalue weighted by atomic mass is 15.3. The molecule has 1 atom stereocenters. The van der Waals surface area contributed by atoms with Crippen molar-refractivity contribution in [2.45, 2.75) is 32.1 Å². The Bertz CT molecular complexity index is 638. The maximum Gasteiger partial charge on any atom is 0.225 e. The van der Waals surface area contributed by atoms with Crippen LogP contribution in [0.25, 0.3) is 0 Å². The fraction of sp³-hybridized carbons (Fsp3) is 0.556. The summed E-state index contributed by atoms with van der Waals surface area (Å²) >= 11 is 0. The van der Waals surface area contributed by atoms with Crippen LogP contribution in [0.2, 0.25) is 0 Å². The molecule has 24 heavy (non-hydrogen) atoms. The molecule has 0 bridgehead atoms. The van der Waals surface area contributed by atoms with E-state index in [-0.39, 0.29) is 0 Å². The molecule has 1 unspecified atom stereocenters. The van der Waals surface area contributed by atoms with Crippen LogP contribution in [0.1, 0.15) is 31.4 Å². The Balaban J connectivity index is 1.37. The maximum absolute atomic E-state index is 4.47. The standard InChI is InChI=1S/C18H24N6/c1-2-11-23(10-1)17-7-6-16(21-22-17)13-15-5-3-12-24(14-15)18-19-8-4-9-20-18/h4,6-9,15H,1-3,5,10-14H2. The molecule has 2 aromatic rings. The van der Waals surface area contributed by atoms with E-state index < -0.39 is 0 Å². The summed E-state index contributed by atoms with van der Waals surface area (Å²) in [5.41, 5.74) is 1.10. The number of piperidine rings is 1. The van der Waals surface area contributed by atoms with Crippen molar-refractivity contribution in [3.8, 4) is 0 Å².